The van der Waals surface area contributed by atoms with Crippen LogP contribution in [0, 0.1) is 5.92 Å². The van der Waals surface area contributed by atoms with Crippen molar-refractivity contribution in [1.82, 2.24) is 19.9 Å². The van der Waals surface area contributed by atoms with Gasteiger partial charge in [0.25, 0.3) is 5.56 Å². The first-order valence-corrected chi connectivity index (χ1v) is 12.2. The zero-order valence-electron chi connectivity index (χ0n) is 20.3. The Bertz CT molecular complexity index is 1420. The van der Waals surface area contributed by atoms with Gasteiger partial charge in [0, 0.05) is 31.4 Å². The average Bonchev–Trinajstić information content (AvgIpc) is 2.94. The topological polar surface area (TPSA) is 89.3 Å². The number of carbonyl (C=O) groups is 1. The van der Waals surface area contributed by atoms with Crippen LogP contribution in [0.2, 0.25) is 0 Å². The number of ether oxygens (including phenoxy) is 1. The number of fused-ring (bicyclic) bond motifs is 1. The van der Waals surface area contributed by atoms with Gasteiger partial charge in [0.15, 0.2) is 11.5 Å². The zero-order chi connectivity index (χ0) is 24.9. The maximum absolute atomic E-state index is 13.6. The lowest BCUT2D eigenvalue weighted by atomic mass is 9.97. The molecule has 1 saturated heterocycles. The summed E-state index contributed by atoms with van der Waals surface area (Å²) < 4.78 is 7.07. The molecule has 0 saturated carbocycles. The fourth-order valence-corrected chi connectivity index (χ4v) is 4.74. The van der Waals surface area contributed by atoms with E-state index in [4.69, 9.17) is 9.72 Å². The smallest absolute Gasteiger partial charge is 0.295 e. The van der Waals surface area contributed by atoms with Crippen molar-refractivity contribution in [1.29, 1.82) is 0 Å². The molecule has 1 amide bonds. The minimum atomic E-state index is -0.234. The maximum atomic E-state index is 13.6. The van der Waals surface area contributed by atoms with Crippen LogP contribution in [0.3, 0.4) is 0 Å². The first kappa shape index (κ1) is 23.5. The molecule has 1 N–H and O–H groups in total. The van der Waals surface area contributed by atoms with E-state index >= 15 is 0 Å². The van der Waals surface area contributed by atoms with Gasteiger partial charge in [0.2, 0.25) is 5.91 Å². The molecule has 1 unspecified atom stereocenters. The molecule has 1 aliphatic heterocycles. The van der Waals surface area contributed by atoms with Gasteiger partial charge in [0.05, 0.1) is 19.6 Å². The van der Waals surface area contributed by atoms with Crippen molar-refractivity contribution in [3.05, 3.63) is 94.4 Å². The van der Waals surface area contributed by atoms with E-state index in [1.54, 1.807) is 17.9 Å². The molecule has 0 aliphatic carbocycles. The molecule has 1 atom stereocenters. The minimum absolute atomic E-state index is 0.0299. The van der Waals surface area contributed by atoms with Crippen LogP contribution >= 0.6 is 0 Å². The number of hydrogen-bond acceptors (Lipinski definition) is 6. The van der Waals surface area contributed by atoms with E-state index in [0.717, 1.165) is 29.7 Å². The first-order valence-electron chi connectivity index (χ1n) is 12.2. The van der Waals surface area contributed by atoms with E-state index in [1.807, 2.05) is 71.6 Å². The van der Waals surface area contributed by atoms with Crippen molar-refractivity contribution in [2.24, 2.45) is 5.92 Å². The van der Waals surface area contributed by atoms with Crippen LogP contribution in [0.4, 0.5) is 5.82 Å². The predicted octanol–water partition coefficient (Wildman–Crippen LogP) is 3.38. The Hall–Kier alpha value is -4.20. The number of rotatable bonds is 7. The molecular formula is C28H29N5O3. The Morgan fingerprint density at radius 2 is 1.89 bits per heavy atom. The Morgan fingerprint density at radius 1 is 1.08 bits per heavy atom. The van der Waals surface area contributed by atoms with Crippen molar-refractivity contribution < 1.29 is 9.53 Å². The largest absolute Gasteiger partial charge is 0.496 e. The third-order valence-corrected chi connectivity index (χ3v) is 6.61. The van der Waals surface area contributed by atoms with Crippen LogP contribution in [0.5, 0.6) is 5.75 Å². The van der Waals surface area contributed by atoms with Crippen molar-refractivity contribution in [3.8, 4) is 5.75 Å². The lowest BCUT2D eigenvalue weighted by Gasteiger charge is -2.32. The first-order chi connectivity index (χ1) is 17.6. The highest BCUT2D eigenvalue weighted by Crippen LogP contribution is 2.23. The number of para-hydroxylation sites is 1. The maximum Gasteiger partial charge on any atom is 0.295 e. The van der Waals surface area contributed by atoms with Crippen LogP contribution in [-0.4, -0.2) is 40.6 Å². The van der Waals surface area contributed by atoms with Crippen LogP contribution in [0.15, 0.2) is 77.7 Å². The minimum Gasteiger partial charge on any atom is -0.496 e. The summed E-state index contributed by atoms with van der Waals surface area (Å²) in [5.74, 6) is 0.851. The number of methoxy groups -OCH3 is 1. The number of pyridine rings is 1. The molecule has 0 spiro atoms. The van der Waals surface area contributed by atoms with Gasteiger partial charge in [-0.15, -0.1) is 0 Å². The van der Waals surface area contributed by atoms with Gasteiger partial charge >= 0.3 is 0 Å². The van der Waals surface area contributed by atoms with Gasteiger partial charge in [-0.25, -0.2) is 9.97 Å². The van der Waals surface area contributed by atoms with Crippen LogP contribution < -0.4 is 20.5 Å². The lowest BCUT2D eigenvalue weighted by molar-refractivity contribution is -0.125. The summed E-state index contributed by atoms with van der Waals surface area (Å²) in [7, 11) is 1.62. The fraction of sp³-hybridized carbons (Fsp3) is 0.286. The van der Waals surface area contributed by atoms with Gasteiger partial charge in [0.1, 0.15) is 11.3 Å². The summed E-state index contributed by atoms with van der Waals surface area (Å²) in [4.78, 5) is 37.8. The molecule has 1 aliphatic rings. The highest BCUT2D eigenvalue weighted by atomic mass is 16.5. The summed E-state index contributed by atoms with van der Waals surface area (Å²) in [5.41, 5.74) is 2.95. The normalized spacial score (nSPS) is 15.6. The molecular weight excluding hydrogens is 454 g/mol. The average molecular weight is 484 g/mol. The Labute approximate surface area is 209 Å². The Morgan fingerprint density at radius 3 is 2.72 bits per heavy atom. The van der Waals surface area contributed by atoms with E-state index in [-0.39, 0.29) is 17.4 Å². The molecule has 2 aromatic carbocycles. The van der Waals surface area contributed by atoms with E-state index in [0.29, 0.717) is 43.2 Å². The van der Waals surface area contributed by atoms with Gasteiger partial charge in [-0.3, -0.25) is 14.2 Å². The molecule has 5 rings (SSSR count). The van der Waals surface area contributed by atoms with Gasteiger partial charge in [-0.2, -0.15) is 0 Å². The van der Waals surface area contributed by atoms with Gasteiger partial charge in [-0.05, 0) is 36.6 Å². The van der Waals surface area contributed by atoms with Crippen LogP contribution in [0.1, 0.15) is 24.0 Å². The number of hydrogen-bond donors (Lipinski definition) is 1. The van der Waals surface area contributed by atoms with Gasteiger partial charge in [-0.1, -0.05) is 48.5 Å². The molecule has 36 heavy (non-hydrogen) atoms. The number of nitrogens with zero attached hydrogens (tertiary/aromatic N) is 4. The molecule has 0 bridgehead atoms. The Balaban J connectivity index is 1.38. The summed E-state index contributed by atoms with van der Waals surface area (Å²) in [5, 5.41) is 3.04. The molecule has 8 nitrogen and oxygen atoms in total. The van der Waals surface area contributed by atoms with Crippen molar-refractivity contribution in [2.75, 3.05) is 25.1 Å². The monoisotopic (exact) mass is 483 g/mol. The summed E-state index contributed by atoms with van der Waals surface area (Å²) in [6, 6.07) is 21.2. The number of amides is 1. The highest BCUT2D eigenvalue weighted by molar-refractivity contribution is 5.80. The van der Waals surface area contributed by atoms with Gasteiger partial charge < -0.3 is 15.0 Å². The molecule has 8 heteroatoms. The number of anilines is 1. The molecule has 3 heterocycles. The predicted molar refractivity (Wildman–Crippen MR) is 139 cm³/mol. The third-order valence-electron chi connectivity index (χ3n) is 6.61. The number of benzene rings is 2. The number of carbonyl (C=O) groups excluding carboxylic acids is 1. The van der Waals surface area contributed by atoms with E-state index in [2.05, 4.69) is 10.3 Å². The van der Waals surface area contributed by atoms with Crippen LogP contribution in [-0.2, 0) is 17.9 Å². The standard InChI is InChI=1S/C28H29N5O3/c1-36-24-14-6-5-11-21(24)17-30-27(34)22-12-8-16-32(19-22)26-28(35)33(18-20-9-3-2-4-10-20)25-23(31-26)13-7-15-29-25/h2-7,9-11,13-15,22H,8,12,16-19H2,1H3,(H,30,34). The second-order valence-corrected chi connectivity index (χ2v) is 8.97. The van der Waals surface area contributed by atoms with E-state index in [9.17, 15) is 9.59 Å². The number of nitrogens with one attached hydrogen (secondary N) is 1. The second kappa shape index (κ2) is 10.6. The van der Waals surface area contributed by atoms with Crippen LogP contribution in [0.25, 0.3) is 11.2 Å². The SMILES string of the molecule is COc1ccccc1CNC(=O)C1CCCN(c2nc3cccnc3n(Cc3ccccc3)c2=O)C1. The van der Waals surface area contributed by atoms with Crippen molar-refractivity contribution in [2.45, 2.75) is 25.9 Å². The number of piperidine rings is 1. The zero-order valence-corrected chi connectivity index (χ0v) is 20.3. The quantitative estimate of drug-likeness (QED) is 0.434. The fourth-order valence-electron chi connectivity index (χ4n) is 4.74. The van der Waals surface area contributed by atoms with Crippen molar-refractivity contribution >= 4 is 22.9 Å². The molecule has 184 valence electrons. The molecule has 1 fully saturated rings. The summed E-state index contributed by atoms with van der Waals surface area (Å²) >= 11 is 0. The Kier molecular flexibility index (Phi) is 6.93. The second-order valence-electron chi connectivity index (χ2n) is 8.97. The summed E-state index contributed by atoms with van der Waals surface area (Å²) in [6.07, 6.45) is 3.24. The summed E-state index contributed by atoms with van der Waals surface area (Å²) in [6.45, 7) is 1.91. The van der Waals surface area contributed by atoms with E-state index in [1.165, 1.54) is 0 Å². The van der Waals surface area contributed by atoms with Crippen molar-refractivity contribution in [3.63, 3.8) is 0 Å². The van der Waals surface area contributed by atoms with E-state index < -0.39 is 0 Å². The number of aromatic nitrogens is 3. The lowest BCUT2D eigenvalue weighted by Crippen LogP contribution is -2.45. The third kappa shape index (κ3) is 4.93. The molecule has 2 aromatic heterocycles. The highest BCUT2D eigenvalue weighted by Gasteiger charge is 2.29. The molecule has 0 radical (unpaired) electrons. The molecule has 4 aromatic rings.